The Morgan fingerprint density at radius 2 is 1.36 bits per heavy atom. The topological polar surface area (TPSA) is 80.6 Å². The van der Waals surface area contributed by atoms with Gasteiger partial charge in [-0.05, 0) is 79.4 Å². The van der Waals surface area contributed by atoms with E-state index in [0.717, 1.165) is 24.4 Å². The number of ether oxygens (including phenoxy) is 1. The zero-order valence-corrected chi connectivity index (χ0v) is 14.3. The molecule has 4 aliphatic rings. The molecule has 1 aromatic carbocycles. The van der Waals surface area contributed by atoms with Crippen molar-refractivity contribution in [1.82, 2.24) is 0 Å². The minimum absolute atomic E-state index is 0.254. The molecule has 4 saturated carbocycles. The molecule has 0 aromatic heterocycles. The Hall–Kier alpha value is -2.35. The molecule has 4 bridgehead atoms. The maximum atomic E-state index is 9.33. The molecule has 4 fully saturated rings. The minimum Gasteiger partial charge on any atom is -0.376 e. The minimum atomic E-state index is 0.254. The SMILES string of the molecule is N#Cc1cc(C#N)c(COCC23CC4CC(CC(C4)C2)C3)cc1C#N. The lowest BCUT2D eigenvalue weighted by atomic mass is 9.50. The second-order valence-corrected chi connectivity index (χ2v) is 8.30. The van der Waals surface area contributed by atoms with Crippen molar-refractivity contribution in [1.29, 1.82) is 15.8 Å². The number of hydrogen-bond donors (Lipinski definition) is 0. The molecule has 0 unspecified atom stereocenters. The highest BCUT2D eigenvalue weighted by Crippen LogP contribution is 2.60. The summed E-state index contributed by atoms with van der Waals surface area (Å²) in [6.07, 6.45) is 8.12. The first-order chi connectivity index (χ1) is 12.1. The molecule has 0 spiro atoms. The molecule has 0 radical (unpaired) electrons. The molecule has 4 aliphatic carbocycles. The van der Waals surface area contributed by atoms with E-state index in [2.05, 4.69) is 6.07 Å². The van der Waals surface area contributed by atoms with E-state index in [1.807, 2.05) is 12.1 Å². The summed E-state index contributed by atoms with van der Waals surface area (Å²) in [6, 6.07) is 9.28. The molecular weight excluding hydrogens is 310 g/mol. The second kappa shape index (κ2) is 6.18. The first-order valence-electron chi connectivity index (χ1n) is 9.09. The van der Waals surface area contributed by atoms with Crippen LogP contribution < -0.4 is 0 Å². The first kappa shape index (κ1) is 16.1. The molecule has 0 N–H and O–H groups in total. The largest absolute Gasteiger partial charge is 0.376 e. The number of benzene rings is 1. The normalized spacial score (nSPS) is 32.0. The van der Waals surface area contributed by atoms with Gasteiger partial charge in [0.2, 0.25) is 0 Å². The van der Waals surface area contributed by atoms with Crippen molar-refractivity contribution < 1.29 is 4.74 Å². The third kappa shape index (κ3) is 2.90. The smallest absolute Gasteiger partial charge is 0.101 e. The summed E-state index contributed by atoms with van der Waals surface area (Å²) in [4.78, 5) is 0. The van der Waals surface area contributed by atoms with Crippen LogP contribution in [-0.4, -0.2) is 6.61 Å². The molecule has 0 saturated heterocycles. The van der Waals surface area contributed by atoms with Gasteiger partial charge >= 0.3 is 0 Å². The van der Waals surface area contributed by atoms with Gasteiger partial charge in [-0.25, -0.2) is 0 Å². The Morgan fingerprint density at radius 1 is 0.840 bits per heavy atom. The highest BCUT2D eigenvalue weighted by molar-refractivity contribution is 5.53. The highest BCUT2D eigenvalue weighted by atomic mass is 16.5. The molecule has 4 nitrogen and oxygen atoms in total. The van der Waals surface area contributed by atoms with Crippen LogP contribution in [0.25, 0.3) is 0 Å². The van der Waals surface area contributed by atoms with E-state index in [9.17, 15) is 10.5 Å². The summed E-state index contributed by atoms with van der Waals surface area (Å²) in [5.41, 5.74) is 2.05. The lowest BCUT2D eigenvalue weighted by Gasteiger charge is -2.56. The maximum absolute atomic E-state index is 9.33. The Labute approximate surface area is 148 Å². The van der Waals surface area contributed by atoms with E-state index in [0.29, 0.717) is 28.7 Å². The van der Waals surface area contributed by atoms with Gasteiger partial charge in [0.25, 0.3) is 0 Å². The summed E-state index contributed by atoms with van der Waals surface area (Å²) in [5, 5.41) is 27.6. The summed E-state index contributed by atoms with van der Waals surface area (Å²) < 4.78 is 6.08. The van der Waals surface area contributed by atoms with Gasteiger partial charge in [0.15, 0.2) is 0 Å². The van der Waals surface area contributed by atoms with E-state index in [1.54, 1.807) is 6.07 Å². The number of nitriles is 3. The van der Waals surface area contributed by atoms with Crippen molar-refractivity contribution in [2.45, 2.75) is 45.1 Å². The fraction of sp³-hybridized carbons (Fsp3) is 0.571. The Kier molecular flexibility index (Phi) is 3.99. The molecule has 25 heavy (non-hydrogen) atoms. The summed E-state index contributed by atoms with van der Waals surface area (Å²) in [6.45, 7) is 1.09. The Balaban J connectivity index is 1.47. The fourth-order valence-electron chi connectivity index (χ4n) is 5.90. The number of rotatable bonds is 4. The van der Waals surface area contributed by atoms with Crippen LogP contribution in [0.5, 0.6) is 0 Å². The van der Waals surface area contributed by atoms with Crippen molar-refractivity contribution in [2.75, 3.05) is 6.61 Å². The van der Waals surface area contributed by atoms with Crippen molar-refractivity contribution in [2.24, 2.45) is 23.2 Å². The number of hydrogen-bond acceptors (Lipinski definition) is 4. The van der Waals surface area contributed by atoms with Crippen LogP contribution in [0.2, 0.25) is 0 Å². The standard InChI is InChI=1S/C21H21N3O/c22-9-17-4-19(11-24)20(5-18(17)10-23)12-25-13-21-6-14-1-15(7-21)3-16(2-14)8-21/h4-5,14-16H,1-3,6-8,12-13H2. The van der Waals surface area contributed by atoms with E-state index in [1.165, 1.54) is 44.6 Å². The lowest BCUT2D eigenvalue weighted by molar-refractivity contribution is -0.0994. The van der Waals surface area contributed by atoms with Gasteiger partial charge in [-0.1, -0.05) is 0 Å². The van der Waals surface area contributed by atoms with Crippen LogP contribution in [0.4, 0.5) is 0 Å². The molecule has 0 aliphatic heterocycles. The average molecular weight is 331 g/mol. The van der Waals surface area contributed by atoms with Gasteiger partial charge in [-0.3, -0.25) is 0 Å². The van der Waals surface area contributed by atoms with Crippen LogP contribution in [0.3, 0.4) is 0 Å². The molecule has 126 valence electrons. The van der Waals surface area contributed by atoms with Crippen LogP contribution >= 0.6 is 0 Å². The van der Waals surface area contributed by atoms with Gasteiger partial charge in [0, 0.05) is 0 Å². The quantitative estimate of drug-likeness (QED) is 0.834. The fourth-order valence-corrected chi connectivity index (χ4v) is 5.90. The summed E-state index contributed by atoms with van der Waals surface area (Å²) >= 11 is 0. The molecule has 4 heteroatoms. The highest BCUT2D eigenvalue weighted by Gasteiger charge is 2.50. The van der Waals surface area contributed by atoms with E-state index in [4.69, 9.17) is 10.00 Å². The molecule has 0 heterocycles. The van der Waals surface area contributed by atoms with E-state index in [-0.39, 0.29) is 5.56 Å². The zero-order valence-electron chi connectivity index (χ0n) is 14.3. The van der Waals surface area contributed by atoms with Crippen LogP contribution in [0, 0.1) is 57.2 Å². The van der Waals surface area contributed by atoms with E-state index >= 15 is 0 Å². The zero-order chi connectivity index (χ0) is 17.4. The van der Waals surface area contributed by atoms with Crippen molar-refractivity contribution in [3.8, 4) is 18.2 Å². The summed E-state index contributed by atoms with van der Waals surface area (Å²) in [7, 11) is 0. The molecule has 5 rings (SSSR count). The molecule has 0 amide bonds. The van der Waals surface area contributed by atoms with Gasteiger partial charge in [0.1, 0.15) is 12.1 Å². The molecule has 1 aromatic rings. The monoisotopic (exact) mass is 331 g/mol. The van der Waals surface area contributed by atoms with Crippen molar-refractivity contribution in [3.05, 3.63) is 34.4 Å². The van der Waals surface area contributed by atoms with Gasteiger partial charge < -0.3 is 4.74 Å². The molecule has 0 atom stereocenters. The van der Waals surface area contributed by atoms with Gasteiger partial charge in [0.05, 0.1) is 36.0 Å². The Bertz CT molecular complexity index is 786. The predicted octanol–water partition coefficient (Wildman–Crippen LogP) is 4.03. The van der Waals surface area contributed by atoms with E-state index < -0.39 is 0 Å². The molecular formula is C21H21N3O. The predicted molar refractivity (Wildman–Crippen MR) is 90.8 cm³/mol. The van der Waals surface area contributed by atoms with Gasteiger partial charge in [-0.2, -0.15) is 15.8 Å². The average Bonchev–Trinajstić information content (AvgIpc) is 2.59. The Morgan fingerprint density at radius 3 is 1.88 bits per heavy atom. The van der Waals surface area contributed by atoms with Crippen molar-refractivity contribution >= 4 is 0 Å². The second-order valence-electron chi connectivity index (χ2n) is 8.30. The summed E-state index contributed by atoms with van der Waals surface area (Å²) in [5.74, 6) is 2.68. The third-order valence-electron chi connectivity index (χ3n) is 6.44. The first-order valence-corrected chi connectivity index (χ1v) is 9.09. The third-order valence-corrected chi connectivity index (χ3v) is 6.44. The van der Waals surface area contributed by atoms with Crippen molar-refractivity contribution in [3.63, 3.8) is 0 Å². The van der Waals surface area contributed by atoms with Gasteiger partial charge in [-0.15, -0.1) is 0 Å². The number of nitrogens with zero attached hydrogens (tertiary/aromatic N) is 3. The lowest BCUT2D eigenvalue weighted by Crippen LogP contribution is -2.48. The van der Waals surface area contributed by atoms with Crippen LogP contribution in [0.1, 0.15) is 60.8 Å². The maximum Gasteiger partial charge on any atom is 0.101 e. The van der Waals surface area contributed by atoms with Crippen LogP contribution in [-0.2, 0) is 11.3 Å². The van der Waals surface area contributed by atoms with Crippen LogP contribution in [0.15, 0.2) is 12.1 Å².